The van der Waals surface area contributed by atoms with Gasteiger partial charge in [0.15, 0.2) is 0 Å². The van der Waals surface area contributed by atoms with Crippen molar-refractivity contribution < 1.29 is 9.31 Å². The van der Waals surface area contributed by atoms with E-state index in [2.05, 4.69) is 4.98 Å². The van der Waals surface area contributed by atoms with Crippen LogP contribution in [0.3, 0.4) is 0 Å². The van der Waals surface area contributed by atoms with Gasteiger partial charge in [0.1, 0.15) is 0 Å². The Hall–Kier alpha value is -1.95. The lowest BCUT2D eigenvalue weighted by atomic mass is 10.3. The summed E-state index contributed by atoms with van der Waals surface area (Å²) in [6.45, 7) is 0. The second-order valence-corrected chi connectivity index (χ2v) is 4.31. The van der Waals surface area contributed by atoms with E-state index in [4.69, 9.17) is 0 Å². The van der Waals surface area contributed by atoms with E-state index in [9.17, 15) is 14.5 Å². The van der Waals surface area contributed by atoms with Crippen LogP contribution in [0.1, 0.15) is 0 Å². The summed E-state index contributed by atoms with van der Waals surface area (Å²) < 4.78 is 12.8. The van der Waals surface area contributed by atoms with Crippen molar-refractivity contribution in [1.29, 1.82) is 0 Å². The molecule has 0 amide bonds. The third kappa shape index (κ3) is 3.01. The van der Waals surface area contributed by atoms with Crippen molar-refractivity contribution in [2.45, 2.75) is 9.79 Å². The van der Waals surface area contributed by atoms with Gasteiger partial charge in [0, 0.05) is 34.2 Å². The minimum atomic E-state index is -0.545. The highest BCUT2D eigenvalue weighted by Gasteiger charge is 2.05. The van der Waals surface area contributed by atoms with Gasteiger partial charge in [-0.25, -0.2) is 4.98 Å². The Balaban J connectivity index is 2.16. The van der Waals surface area contributed by atoms with Crippen molar-refractivity contribution in [3.63, 3.8) is 0 Å². The van der Waals surface area contributed by atoms with Crippen molar-refractivity contribution in [1.82, 2.24) is 4.98 Å². The maximum Gasteiger partial charge on any atom is 0.269 e. The molecule has 2 rings (SSSR count). The van der Waals surface area contributed by atoms with Crippen LogP contribution in [0.15, 0.2) is 52.4 Å². The average molecular weight is 250 g/mol. The Labute approximate surface area is 101 Å². The van der Waals surface area contributed by atoms with Crippen LogP contribution in [0, 0.1) is 16.1 Å². The van der Waals surface area contributed by atoms with Crippen LogP contribution in [-0.4, -0.2) is 9.91 Å². The van der Waals surface area contributed by atoms with E-state index < -0.39 is 10.9 Å². The summed E-state index contributed by atoms with van der Waals surface area (Å²) in [5.41, 5.74) is 0.0373. The fourth-order valence-electron chi connectivity index (χ4n) is 1.22. The maximum atomic E-state index is 12.8. The molecule has 0 aliphatic rings. The molecule has 0 aliphatic carbocycles. The minimum absolute atomic E-state index is 0.0373. The highest BCUT2D eigenvalue weighted by Crippen LogP contribution is 2.28. The third-order valence-corrected chi connectivity index (χ3v) is 2.98. The monoisotopic (exact) mass is 250 g/mol. The molecule has 4 nitrogen and oxygen atoms in total. The molecule has 0 aliphatic heterocycles. The summed E-state index contributed by atoms with van der Waals surface area (Å²) >= 11 is 1.32. The number of nitrogens with zero attached hydrogens (tertiary/aromatic N) is 2. The standard InChI is InChI=1S/C11H7FN2O2S/c12-11-7-10(5-6-13-11)17-9-3-1-8(2-4-9)14(15)16/h1-7H. The number of aromatic nitrogens is 1. The van der Waals surface area contributed by atoms with Gasteiger partial charge in [-0.3, -0.25) is 10.1 Å². The van der Waals surface area contributed by atoms with Gasteiger partial charge >= 0.3 is 0 Å². The van der Waals surface area contributed by atoms with E-state index in [0.717, 1.165) is 4.90 Å². The maximum absolute atomic E-state index is 12.8. The zero-order valence-corrected chi connectivity index (χ0v) is 9.36. The highest BCUT2D eigenvalue weighted by molar-refractivity contribution is 7.99. The zero-order valence-electron chi connectivity index (χ0n) is 8.54. The summed E-state index contributed by atoms with van der Waals surface area (Å²) in [7, 11) is 0. The molecule has 17 heavy (non-hydrogen) atoms. The van der Waals surface area contributed by atoms with E-state index in [-0.39, 0.29) is 5.69 Å². The molecule has 86 valence electrons. The van der Waals surface area contributed by atoms with E-state index in [1.165, 1.54) is 36.2 Å². The molecule has 0 radical (unpaired) electrons. The Morgan fingerprint density at radius 1 is 1.18 bits per heavy atom. The van der Waals surface area contributed by atoms with Crippen LogP contribution >= 0.6 is 11.8 Å². The number of non-ortho nitro benzene ring substituents is 1. The molecule has 2 aromatic rings. The average Bonchev–Trinajstić information content (AvgIpc) is 2.29. The molecule has 1 aromatic carbocycles. The Morgan fingerprint density at radius 3 is 2.47 bits per heavy atom. The minimum Gasteiger partial charge on any atom is -0.258 e. The fourth-order valence-corrected chi connectivity index (χ4v) is 2.05. The molecule has 0 bridgehead atoms. The van der Waals surface area contributed by atoms with Gasteiger partial charge in [-0.15, -0.1) is 0 Å². The number of rotatable bonds is 3. The molecule has 0 atom stereocenters. The molecule has 0 saturated heterocycles. The summed E-state index contributed by atoms with van der Waals surface area (Å²) in [5, 5.41) is 10.5. The molecule has 0 N–H and O–H groups in total. The molecule has 6 heteroatoms. The fraction of sp³-hybridized carbons (Fsp3) is 0. The number of nitro benzene ring substituents is 1. The number of hydrogen-bond acceptors (Lipinski definition) is 4. The van der Waals surface area contributed by atoms with Crippen LogP contribution in [0.2, 0.25) is 0 Å². The molecule has 0 spiro atoms. The molecular formula is C11H7FN2O2S. The van der Waals surface area contributed by atoms with Gasteiger partial charge in [0.2, 0.25) is 5.95 Å². The first-order valence-electron chi connectivity index (χ1n) is 4.69. The van der Waals surface area contributed by atoms with Crippen molar-refractivity contribution in [2.24, 2.45) is 0 Å². The molecular weight excluding hydrogens is 243 g/mol. The SMILES string of the molecule is O=[N+]([O-])c1ccc(Sc2ccnc(F)c2)cc1. The topological polar surface area (TPSA) is 56.0 Å². The Kier molecular flexibility index (Phi) is 3.34. The van der Waals surface area contributed by atoms with Gasteiger partial charge in [-0.2, -0.15) is 4.39 Å². The number of halogens is 1. The van der Waals surface area contributed by atoms with E-state index in [1.807, 2.05) is 0 Å². The van der Waals surface area contributed by atoms with Gasteiger partial charge < -0.3 is 0 Å². The summed E-state index contributed by atoms with van der Waals surface area (Å²) in [6, 6.07) is 9.07. The number of nitro groups is 1. The third-order valence-electron chi connectivity index (χ3n) is 1.98. The predicted molar refractivity (Wildman–Crippen MR) is 61.4 cm³/mol. The van der Waals surface area contributed by atoms with E-state index in [1.54, 1.807) is 18.2 Å². The Morgan fingerprint density at radius 2 is 1.88 bits per heavy atom. The number of hydrogen-bond donors (Lipinski definition) is 0. The first-order chi connectivity index (χ1) is 8.15. The molecule has 1 heterocycles. The van der Waals surface area contributed by atoms with Gasteiger partial charge in [-0.05, 0) is 18.2 Å². The van der Waals surface area contributed by atoms with Crippen LogP contribution in [0.5, 0.6) is 0 Å². The molecule has 0 unspecified atom stereocenters. The lowest BCUT2D eigenvalue weighted by Crippen LogP contribution is -1.86. The molecule has 0 fully saturated rings. The largest absolute Gasteiger partial charge is 0.269 e. The second kappa shape index (κ2) is 4.92. The first kappa shape index (κ1) is 11.5. The lowest BCUT2D eigenvalue weighted by Gasteiger charge is -2.00. The normalized spacial score (nSPS) is 10.2. The zero-order chi connectivity index (χ0) is 12.3. The van der Waals surface area contributed by atoms with Crippen LogP contribution in [0.4, 0.5) is 10.1 Å². The first-order valence-corrected chi connectivity index (χ1v) is 5.51. The van der Waals surface area contributed by atoms with Crippen LogP contribution < -0.4 is 0 Å². The van der Waals surface area contributed by atoms with Crippen molar-refractivity contribution >= 4 is 17.4 Å². The van der Waals surface area contributed by atoms with E-state index in [0.29, 0.717) is 4.90 Å². The van der Waals surface area contributed by atoms with Gasteiger partial charge in [-0.1, -0.05) is 11.8 Å². The van der Waals surface area contributed by atoms with E-state index >= 15 is 0 Å². The van der Waals surface area contributed by atoms with Crippen LogP contribution in [0.25, 0.3) is 0 Å². The lowest BCUT2D eigenvalue weighted by molar-refractivity contribution is -0.384. The summed E-state index contributed by atoms with van der Waals surface area (Å²) in [6.07, 6.45) is 1.38. The van der Waals surface area contributed by atoms with Gasteiger partial charge in [0.25, 0.3) is 5.69 Å². The predicted octanol–water partition coefficient (Wildman–Crippen LogP) is 3.28. The summed E-state index contributed by atoms with van der Waals surface area (Å²) in [4.78, 5) is 15.0. The van der Waals surface area contributed by atoms with Crippen molar-refractivity contribution in [2.75, 3.05) is 0 Å². The molecule has 1 aromatic heterocycles. The summed E-state index contributed by atoms with van der Waals surface area (Å²) in [5.74, 6) is -0.545. The van der Waals surface area contributed by atoms with Crippen molar-refractivity contribution in [3.8, 4) is 0 Å². The quantitative estimate of drug-likeness (QED) is 0.476. The van der Waals surface area contributed by atoms with Crippen molar-refractivity contribution in [3.05, 3.63) is 58.7 Å². The van der Waals surface area contributed by atoms with Crippen LogP contribution in [-0.2, 0) is 0 Å². The molecule has 0 saturated carbocycles. The number of pyridine rings is 1. The second-order valence-electron chi connectivity index (χ2n) is 3.17. The smallest absolute Gasteiger partial charge is 0.258 e. The highest BCUT2D eigenvalue weighted by atomic mass is 32.2. The Bertz CT molecular complexity index is 545. The van der Waals surface area contributed by atoms with Gasteiger partial charge in [0.05, 0.1) is 4.92 Å². The number of benzene rings is 1.